The molecule has 142 valence electrons. The second-order valence-electron chi connectivity index (χ2n) is 5.97. The van der Waals surface area contributed by atoms with Crippen LogP contribution in [0.2, 0.25) is 0 Å². The molecule has 0 aliphatic rings. The van der Waals surface area contributed by atoms with Crippen molar-refractivity contribution < 1.29 is 23.9 Å². The molecular formula is C19H21N3O5. The van der Waals surface area contributed by atoms with Gasteiger partial charge in [0.25, 0.3) is 11.8 Å². The number of nitrogens with zero attached hydrogens (tertiary/aromatic N) is 1. The molecule has 0 spiro atoms. The summed E-state index contributed by atoms with van der Waals surface area (Å²) in [6, 6.07) is 12.8. The molecule has 2 aromatic rings. The molecule has 3 amide bonds. The molecule has 0 atom stereocenters. The Labute approximate surface area is 156 Å². The molecule has 0 aromatic heterocycles. The van der Waals surface area contributed by atoms with E-state index in [1.807, 2.05) is 30.3 Å². The van der Waals surface area contributed by atoms with Crippen molar-refractivity contribution in [1.82, 2.24) is 15.5 Å². The van der Waals surface area contributed by atoms with Crippen LogP contribution in [0, 0.1) is 0 Å². The zero-order valence-electron chi connectivity index (χ0n) is 15.2. The lowest BCUT2D eigenvalue weighted by atomic mass is 10.1. The minimum absolute atomic E-state index is 0.178. The summed E-state index contributed by atoms with van der Waals surface area (Å²) in [5.41, 5.74) is 0.418. The quantitative estimate of drug-likeness (QED) is 0.682. The Morgan fingerprint density at radius 2 is 1.63 bits per heavy atom. The van der Waals surface area contributed by atoms with Gasteiger partial charge in [-0.1, -0.05) is 30.3 Å². The van der Waals surface area contributed by atoms with E-state index in [2.05, 4.69) is 10.6 Å². The fraction of sp³-hybridized carbons (Fsp3) is 0.263. The predicted molar refractivity (Wildman–Crippen MR) is 98.9 cm³/mol. The maximum absolute atomic E-state index is 12.1. The maximum atomic E-state index is 12.1. The predicted octanol–water partition coefficient (Wildman–Crippen LogP) is 0.317. The molecule has 0 heterocycles. The van der Waals surface area contributed by atoms with Crippen molar-refractivity contribution in [2.45, 2.75) is 0 Å². The number of likely N-dealkylation sites (N-methyl/N-ethyl adjacent to an activating group) is 1. The van der Waals surface area contributed by atoms with Crippen molar-refractivity contribution in [3.63, 3.8) is 0 Å². The number of fused-ring (bicyclic) bond motifs is 1. The van der Waals surface area contributed by atoms with E-state index >= 15 is 0 Å². The fourth-order valence-electron chi connectivity index (χ4n) is 2.17. The van der Waals surface area contributed by atoms with E-state index in [0.717, 1.165) is 10.8 Å². The number of benzene rings is 2. The molecule has 8 heteroatoms. The van der Waals surface area contributed by atoms with Crippen LogP contribution in [0.25, 0.3) is 10.8 Å². The third-order valence-corrected chi connectivity index (χ3v) is 3.70. The summed E-state index contributed by atoms with van der Waals surface area (Å²) in [4.78, 5) is 48.0. The van der Waals surface area contributed by atoms with E-state index in [4.69, 9.17) is 4.74 Å². The second kappa shape index (κ2) is 9.33. The van der Waals surface area contributed by atoms with Gasteiger partial charge in [-0.05, 0) is 22.9 Å². The van der Waals surface area contributed by atoms with Crippen molar-refractivity contribution in [1.29, 1.82) is 0 Å². The normalized spacial score (nSPS) is 10.1. The Morgan fingerprint density at radius 3 is 2.33 bits per heavy atom. The summed E-state index contributed by atoms with van der Waals surface area (Å²) in [6.45, 7) is -1.07. The van der Waals surface area contributed by atoms with Crippen LogP contribution >= 0.6 is 0 Å². The molecule has 0 fully saturated rings. The SMILES string of the molecule is CN(C)C(=O)CNC(=O)COC(=O)CNC(=O)c1ccc2ccccc2c1. The van der Waals surface area contributed by atoms with Gasteiger partial charge < -0.3 is 20.3 Å². The second-order valence-corrected chi connectivity index (χ2v) is 5.97. The molecule has 0 radical (unpaired) electrons. The van der Waals surface area contributed by atoms with Crippen molar-refractivity contribution in [2.75, 3.05) is 33.8 Å². The summed E-state index contributed by atoms with van der Waals surface area (Å²) in [6.07, 6.45) is 0. The van der Waals surface area contributed by atoms with E-state index in [0.29, 0.717) is 5.56 Å². The molecule has 2 rings (SSSR count). The number of hydrogen-bond acceptors (Lipinski definition) is 5. The van der Waals surface area contributed by atoms with Crippen LogP contribution in [0.4, 0.5) is 0 Å². The lowest BCUT2D eigenvalue weighted by molar-refractivity contribution is -0.147. The highest BCUT2D eigenvalue weighted by Crippen LogP contribution is 2.15. The molecule has 2 N–H and O–H groups in total. The van der Waals surface area contributed by atoms with Crippen LogP contribution in [-0.2, 0) is 19.1 Å². The van der Waals surface area contributed by atoms with Crippen LogP contribution in [0.15, 0.2) is 42.5 Å². The number of esters is 1. The van der Waals surface area contributed by atoms with Gasteiger partial charge in [0, 0.05) is 19.7 Å². The van der Waals surface area contributed by atoms with Gasteiger partial charge in [-0.3, -0.25) is 19.2 Å². The van der Waals surface area contributed by atoms with Gasteiger partial charge in [-0.25, -0.2) is 0 Å². The molecule has 0 saturated carbocycles. The summed E-state index contributed by atoms with van der Waals surface area (Å²) >= 11 is 0. The van der Waals surface area contributed by atoms with Gasteiger partial charge in [0.15, 0.2) is 6.61 Å². The average molecular weight is 371 g/mol. The van der Waals surface area contributed by atoms with Gasteiger partial charge >= 0.3 is 5.97 Å². The largest absolute Gasteiger partial charge is 0.454 e. The van der Waals surface area contributed by atoms with Gasteiger partial charge in [-0.2, -0.15) is 0 Å². The summed E-state index contributed by atoms with van der Waals surface area (Å²) in [5, 5.41) is 6.70. The van der Waals surface area contributed by atoms with Crippen LogP contribution < -0.4 is 10.6 Å². The lowest BCUT2D eigenvalue weighted by Crippen LogP contribution is -2.39. The number of carbonyl (C=O) groups excluding carboxylic acids is 4. The molecule has 27 heavy (non-hydrogen) atoms. The first kappa shape index (κ1) is 19.9. The summed E-state index contributed by atoms with van der Waals surface area (Å²) in [7, 11) is 3.12. The topological polar surface area (TPSA) is 105 Å². The molecule has 8 nitrogen and oxygen atoms in total. The number of hydrogen-bond donors (Lipinski definition) is 2. The van der Waals surface area contributed by atoms with Gasteiger partial charge in [-0.15, -0.1) is 0 Å². The Kier molecular flexibility index (Phi) is 6.87. The first-order chi connectivity index (χ1) is 12.9. The first-order valence-corrected chi connectivity index (χ1v) is 8.26. The molecule has 0 saturated heterocycles. The Bertz CT molecular complexity index is 863. The Balaban J connectivity index is 1.75. The van der Waals surface area contributed by atoms with E-state index < -0.39 is 24.4 Å². The van der Waals surface area contributed by atoms with Crippen LogP contribution in [-0.4, -0.2) is 62.4 Å². The van der Waals surface area contributed by atoms with Crippen molar-refractivity contribution in [3.8, 4) is 0 Å². The maximum Gasteiger partial charge on any atom is 0.325 e. The van der Waals surface area contributed by atoms with Crippen LogP contribution in [0.5, 0.6) is 0 Å². The number of ether oxygens (including phenoxy) is 1. The van der Waals surface area contributed by atoms with Gasteiger partial charge in [0.2, 0.25) is 5.91 Å². The number of nitrogens with one attached hydrogen (secondary N) is 2. The van der Waals surface area contributed by atoms with E-state index in [1.54, 1.807) is 26.2 Å². The van der Waals surface area contributed by atoms with Crippen LogP contribution in [0.1, 0.15) is 10.4 Å². The third-order valence-electron chi connectivity index (χ3n) is 3.70. The Morgan fingerprint density at radius 1 is 0.926 bits per heavy atom. The van der Waals surface area contributed by atoms with E-state index in [9.17, 15) is 19.2 Å². The van der Waals surface area contributed by atoms with E-state index in [1.165, 1.54) is 4.90 Å². The number of rotatable bonds is 7. The zero-order valence-corrected chi connectivity index (χ0v) is 15.2. The standard InChI is InChI=1S/C19H21N3O5/c1-22(2)17(24)10-20-16(23)12-27-18(25)11-21-19(26)15-8-7-13-5-3-4-6-14(13)9-15/h3-9H,10-12H2,1-2H3,(H,20,23)(H,21,26). The highest BCUT2D eigenvalue weighted by Gasteiger charge is 2.12. The fourth-order valence-corrected chi connectivity index (χ4v) is 2.17. The van der Waals surface area contributed by atoms with Gasteiger partial charge in [0.05, 0.1) is 6.54 Å². The number of amides is 3. The highest BCUT2D eigenvalue weighted by atomic mass is 16.5. The van der Waals surface area contributed by atoms with Gasteiger partial charge in [0.1, 0.15) is 6.54 Å². The minimum Gasteiger partial charge on any atom is -0.454 e. The smallest absolute Gasteiger partial charge is 0.325 e. The molecule has 0 aliphatic heterocycles. The average Bonchev–Trinajstić information content (AvgIpc) is 2.67. The van der Waals surface area contributed by atoms with Crippen molar-refractivity contribution in [2.24, 2.45) is 0 Å². The van der Waals surface area contributed by atoms with Crippen molar-refractivity contribution >= 4 is 34.5 Å². The monoisotopic (exact) mass is 371 g/mol. The zero-order chi connectivity index (χ0) is 19.8. The summed E-state index contributed by atoms with van der Waals surface area (Å²) < 4.78 is 4.76. The van der Waals surface area contributed by atoms with E-state index in [-0.39, 0.29) is 19.0 Å². The Hall–Kier alpha value is -3.42. The highest BCUT2D eigenvalue weighted by molar-refractivity contribution is 5.99. The number of carbonyl (C=O) groups is 4. The first-order valence-electron chi connectivity index (χ1n) is 8.26. The third kappa shape index (κ3) is 6.10. The minimum atomic E-state index is -0.752. The van der Waals surface area contributed by atoms with Crippen LogP contribution in [0.3, 0.4) is 0 Å². The molecule has 0 unspecified atom stereocenters. The molecular weight excluding hydrogens is 350 g/mol. The van der Waals surface area contributed by atoms with Crippen molar-refractivity contribution in [3.05, 3.63) is 48.0 Å². The lowest BCUT2D eigenvalue weighted by Gasteiger charge is -2.11. The summed E-state index contributed by atoms with van der Waals surface area (Å²) in [5.74, 6) is -2.05. The molecule has 0 bridgehead atoms. The molecule has 0 aliphatic carbocycles. The molecule has 2 aromatic carbocycles.